The van der Waals surface area contributed by atoms with Gasteiger partial charge in [0.15, 0.2) is 0 Å². The van der Waals surface area contributed by atoms with Crippen LogP contribution >= 0.6 is 24.0 Å². The van der Waals surface area contributed by atoms with Crippen molar-refractivity contribution in [1.82, 2.24) is 5.32 Å². The van der Waals surface area contributed by atoms with Gasteiger partial charge in [0.25, 0.3) is 0 Å². The lowest BCUT2D eigenvalue weighted by Gasteiger charge is -2.07. The summed E-state index contributed by atoms with van der Waals surface area (Å²) < 4.78 is 0.589. The minimum absolute atomic E-state index is 0.0261. The van der Waals surface area contributed by atoms with Gasteiger partial charge in [0.1, 0.15) is 4.32 Å². The molecule has 0 aliphatic carbocycles. The maximum atomic E-state index is 11.6. The van der Waals surface area contributed by atoms with Crippen LogP contribution in [0.15, 0.2) is 42.5 Å². The van der Waals surface area contributed by atoms with Crippen molar-refractivity contribution in [3.63, 3.8) is 0 Å². The van der Waals surface area contributed by atoms with E-state index in [1.807, 2.05) is 12.1 Å². The van der Waals surface area contributed by atoms with Gasteiger partial charge in [-0.05, 0) is 22.8 Å². The van der Waals surface area contributed by atoms with E-state index in [0.717, 1.165) is 6.42 Å². The number of amides is 1. The lowest BCUT2D eigenvalue weighted by Crippen LogP contribution is -2.25. The molecule has 4 heteroatoms. The molecule has 0 saturated carbocycles. The molecule has 0 aromatic heterocycles. The normalized spacial score (nSPS) is 19.2. The Bertz CT molecular complexity index is 638. The van der Waals surface area contributed by atoms with Gasteiger partial charge in [0, 0.05) is 0 Å². The maximum Gasteiger partial charge on any atom is 0.239 e. The maximum absolute atomic E-state index is 11.6. The van der Waals surface area contributed by atoms with Crippen molar-refractivity contribution in [1.29, 1.82) is 0 Å². The van der Waals surface area contributed by atoms with Crippen LogP contribution in [-0.2, 0) is 11.2 Å². The first kappa shape index (κ1) is 11.7. The molecule has 2 nitrogen and oxygen atoms in total. The van der Waals surface area contributed by atoms with E-state index < -0.39 is 0 Å². The Morgan fingerprint density at radius 2 is 1.94 bits per heavy atom. The number of nitrogens with one attached hydrogen (secondary N) is 1. The Labute approximate surface area is 115 Å². The summed E-state index contributed by atoms with van der Waals surface area (Å²) in [4.78, 5) is 11.6. The van der Waals surface area contributed by atoms with Crippen molar-refractivity contribution in [2.75, 3.05) is 0 Å². The Morgan fingerprint density at radius 3 is 2.67 bits per heavy atom. The molecule has 1 unspecified atom stereocenters. The SMILES string of the molecule is O=C1NC(=S)SC1Cc1ccc2ccccc2c1. The molecule has 1 N–H and O–H groups in total. The minimum atomic E-state index is -0.0846. The first-order chi connectivity index (χ1) is 8.72. The molecule has 1 saturated heterocycles. The van der Waals surface area contributed by atoms with Crippen molar-refractivity contribution >= 4 is 45.0 Å². The number of benzene rings is 2. The molecule has 3 rings (SSSR count). The smallest absolute Gasteiger partial charge is 0.239 e. The van der Waals surface area contributed by atoms with E-state index in [9.17, 15) is 4.79 Å². The summed E-state index contributed by atoms with van der Waals surface area (Å²) in [6.45, 7) is 0. The van der Waals surface area contributed by atoms with Gasteiger partial charge in [0.2, 0.25) is 5.91 Å². The van der Waals surface area contributed by atoms with Crippen LogP contribution in [-0.4, -0.2) is 15.5 Å². The van der Waals surface area contributed by atoms with Crippen LogP contribution in [0.25, 0.3) is 10.8 Å². The zero-order valence-corrected chi connectivity index (χ0v) is 11.2. The van der Waals surface area contributed by atoms with Crippen molar-refractivity contribution in [3.05, 3.63) is 48.0 Å². The summed E-state index contributed by atoms with van der Waals surface area (Å²) in [5.74, 6) is 0.0261. The largest absolute Gasteiger partial charge is 0.311 e. The van der Waals surface area contributed by atoms with E-state index in [4.69, 9.17) is 12.2 Å². The molecule has 1 fully saturated rings. The Hall–Kier alpha value is -1.39. The molecule has 1 aliphatic heterocycles. The first-order valence-electron chi connectivity index (χ1n) is 5.71. The summed E-state index contributed by atoms with van der Waals surface area (Å²) in [7, 11) is 0. The number of carbonyl (C=O) groups excluding carboxylic acids is 1. The fourth-order valence-corrected chi connectivity index (χ4v) is 3.42. The third-order valence-corrected chi connectivity index (χ3v) is 4.37. The first-order valence-corrected chi connectivity index (χ1v) is 7.00. The molecular formula is C14H11NOS2. The lowest BCUT2D eigenvalue weighted by atomic mass is 10.0. The number of hydrogen-bond acceptors (Lipinski definition) is 3. The Kier molecular flexibility index (Phi) is 3.06. The van der Waals surface area contributed by atoms with E-state index in [1.54, 1.807) is 0 Å². The van der Waals surface area contributed by atoms with Crippen LogP contribution in [0.4, 0.5) is 0 Å². The van der Waals surface area contributed by atoms with Gasteiger partial charge >= 0.3 is 0 Å². The zero-order chi connectivity index (χ0) is 12.5. The molecule has 1 heterocycles. The van der Waals surface area contributed by atoms with Crippen LogP contribution in [0.2, 0.25) is 0 Å². The van der Waals surface area contributed by atoms with Gasteiger partial charge in [-0.3, -0.25) is 4.79 Å². The summed E-state index contributed by atoms with van der Waals surface area (Å²) in [5.41, 5.74) is 1.17. The molecular weight excluding hydrogens is 262 g/mol. The third-order valence-electron chi connectivity index (χ3n) is 3.00. The molecule has 0 radical (unpaired) electrons. The highest BCUT2D eigenvalue weighted by Gasteiger charge is 2.28. The molecule has 1 amide bonds. The highest BCUT2D eigenvalue weighted by atomic mass is 32.2. The molecule has 2 aromatic rings. The standard InChI is InChI=1S/C14H11NOS2/c16-13-12(18-14(17)15-13)8-9-5-6-10-3-1-2-4-11(10)7-9/h1-7,12H,8H2,(H,15,16,17). The number of hydrogen-bond donors (Lipinski definition) is 1. The van der Waals surface area contributed by atoms with Gasteiger partial charge in [0.05, 0.1) is 5.25 Å². The molecule has 1 aliphatic rings. The van der Waals surface area contributed by atoms with Gasteiger partial charge in [-0.2, -0.15) is 0 Å². The number of thiocarbonyl (C=S) groups is 1. The second kappa shape index (κ2) is 4.71. The minimum Gasteiger partial charge on any atom is -0.311 e. The molecule has 18 heavy (non-hydrogen) atoms. The van der Waals surface area contributed by atoms with Crippen LogP contribution in [0, 0.1) is 0 Å². The second-order valence-electron chi connectivity index (χ2n) is 4.27. The highest BCUT2D eigenvalue weighted by molar-refractivity contribution is 8.24. The van der Waals surface area contributed by atoms with Crippen LogP contribution in [0.5, 0.6) is 0 Å². The molecule has 0 spiro atoms. The van der Waals surface area contributed by atoms with Crippen LogP contribution < -0.4 is 5.32 Å². The quantitative estimate of drug-likeness (QED) is 0.853. The predicted octanol–water partition coefficient (Wildman–Crippen LogP) is 2.90. The van der Waals surface area contributed by atoms with Gasteiger partial charge in [-0.25, -0.2) is 0 Å². The summed E-state index contributed by atoms with van der Waals surface area (Å²) in [6.07, 6.45) is 0.724. The highest BCUT2D eigenvalue weighted by Crippen LogP contribution is 2.24. The molecule has 2 aromatic carbocycles. The van der Waals surface area contributed by atoms with E-state index in [1.165, 1.54) is 28.1 Å². The van der Waals surface area contributed by atoms with Gasteiger partial charge in [-0.15, -0.1) is 0 Å². The predicted molar refractivity (Wildman–Crippen MR) is 79.8 cm³/mol. The van der Waals surface area contributed by atoms with Crippen LogP contribution in [0.1, 0.15) is 5.56 Å². The van der Waals surface area contributed by atoms with E-state index in [2.05, 4.69) is 35.6 Å². The number of rotatable bonds is 2. The monoisotopic (exact) mass is 273 g/mol. The average molecular weight is 273 g/mol. The molecule has 1 atom stereocenters. The Morgan fingerprint density at radius 1 is 1.17 bits per heavy atom. The summed E-state index contributed by atoms with van der Waals surface area (Å²) >= 11 is 6.44. The fraction of sp³-hybridized carbons (Fsp3) is 0.143. The zero-order valence-electron chi connectivity index (χ0n) is 9.55. The lowest BCUT2D eigenvalue weighted by molar-refractivity contribution is -0.118. The molecule has 0 bridgehead atoms. The van der Waals surface area contributed by atoms with E-state index in [0.29, 0.717) is 4.32 Å². The third kappa shape index (κ3) is 2.26. The Balaban J connectivity index is 1.87. The van der Waals surface area contributed by atoms with Gasteiger partial charge < -0.3 is 5.32 Å². The van der Waals surface area contributed by atoms with Gasteiger partial charge in [-0.1, -0.05) is 66.4 Å². The van der Waals surface area contributed by atoms with Crippen molar-refractivity contribution < 1.29 is 4.79 Å². The summed E-state index contributed by atoms with van der Waals surface area (Å²) in [5, 5.41) is 5.03. The van der Waals surface area contributed by atoms with Crippen molar-refractivity contribution in [2.24, 2.45) is 0 Å². The second-order valence-corrected chi connectivity index (χ2v) is 6.15. The van der Waals surface area contributed by atoms with Crippen LogP contribution in [0.3, 0.4) is 0 Å². The number of carbonyl (C=O) groups is 1. The average Bonchev–Trinajstić information content (AvgIpc) is 2.68. The summed E-state index contributed by atoms with van der Waals surface area (Å²) in [6, 6.07) is 14.6. The molecule has 90 valence electrons. The van der Waals surface area contributed by atoms with E-state index in [-0.39, 0.29) is 11.2 Å². The number of fused-ring (bicyclic) bond motifs is 1. The van der Waals surface area contributed by atoms with E-state index >= 15 is 0 Å². The van der Waals surface area contributed by atoms with Crippen molar-refractivity contribution in [2.45, 2.75) is 11.7 Å². The van der Waals surface area contributed by atoms with Crippen molar-refractivity contribution in [3.8, 4) is 0 Å². The topological polar surface area (TPSA) is 29.1 Å². The number of thioether (sulfide) groups is 1. The fourth-order valence-electron chi connectivity index (χ4n) is 2.11.